The summed E-state index contributed by atoms with van der Waals surface area (Å²) in [7, 11) is 2.12. The lowest BCUT2D eigenvalue weighted by Gasteiger charge is -2.30. The van der Waals surface area contributed by atoms with Crippen LogP contribution in [0.25, 0.3) is 0 Å². The zero-order valence-electron chi connectivity index (χ0n) is 9.48. The normalized spacial score (nSPS) is 29.7. The van der Waals surface area contributed by atoms with Crippen molar-refractivity contribution in [1.82, 2.24) is 9.80 Å². The molecule has 0 saturated carbocycles. The summed E-state index contributed by atoms with van der Waals surface area (Å²) in [5, 5.41) is 0. The van der Waals surface area contributed by atoms with E-state index in [9.17, 15) is 4.79 Å². The monoisotopic (exact) mass is 211 g/mol. The standard InChI is InChI=1S/C11H21N3O/c1-13-5-2-9(3-6-13)11(15)14-7-4-10(12)8-14/h9-10H,2-8,12H2,1H3/t10-/m1/s1. The molecule has 2 aliphatic heterocycles. The van der Waals surface area contributed by atoms with Gasteiger partial charge in [-0.3, -0.25) is 4.79 Å². The Labute approximate surface area is 91.4 Å². The molecule has 15 heavy (non-hydrogen) atoms. The maximum absolute atomic E-state index is 12.1. The van der Waals surface area contributed by atoms with Crippen LogP contribution in [0, 0.1) is 5.92 Å². The summed E-state index contributed by atoms with van der Waals surface area (Å²) in [5.74, 6) is 0.600. The van der Waals surface area contributed by atoms with Gasteiger partial charge in [-0.15, -0.1) is 0 Å². The largest absolute Gasteiger partial charge is 0.341 e. The van der Waals surface area contributed by atoms with E-state index >= 15 is 0 Å². The minimum absolute atomic E-state index is 0.209. The third kappa shape index (κ3) is 2.49. The predicted octanol–water partition coefficient (Wildman–Crippen LogP) is -0.112. The Morgan fingerprint density at radius 1 is 1.20 bits per heavy atom. The van der Waals surface area contributed by atoms with Crippen LogP contribution in [0.3, 0.4) is 0 Å². The molecule has 2 fully saturated rings. The molecule has 2 saturated heterocycles. The highest BCUT2D eigenvalue weighted by molar-refractivity contribution is 5.79. The number of piperidine rings is 1. The second kappa shape index (κ2) is 4.49. The van der Waals surface area contributed by atoms with Crippen LogP contribution >= 0.6 is 0 Å². The molecule has 4 heteroatoms. The van der Waals surface area contributed by atoms with E-state index in [0.717, 1.165) is 45.4 Å². The van der Waals surface area contributed by atoms with E-state index in [2.05, 4.69) is 11.9 Å². The molecule has 0 unspecified atom stereocenters. The Balaban J connectivity index is 1.85. The summed E-state index contributed by atoms with van der Waals surface area (Å²) in [5.41, 5.74) is 5.81. The van der Waals surface area contributed by atoms with Gasteiger partial charge in [-0.1, -0.05) is 0 Å². The highest BCUT2D eigenvalue weighted by Crippen LogP contribution is 2.20. The van der Waals surface area contributed by atoms with Crippen LogP contribution in [0.5, 0.6) is 0 Å². The van der Waals surface area contributed by atoms with Crippen LogP contribution in [-0.4, -0.2) is 55.0 Å². The number of hydrogen-bond acceptors (Lipinski definition) is 3. The van der Waals surface area contributed by atoms with Gasteiger partial charge < -0.3 is 15.5 Å². The van der Waals surface area contributed by atoms with Crippen LogP contribution in [0.15, 0.2) is 0 Å². The molecule has 0 aromatic carbocycles. The van der Waals surface area contributed by atoms with E-state index in [4.69, 9.17) is 5.73 Å². The van der Waals surface area contributed by atoms with Crippen molar-refractivity contribution in [3.05, 3.63) is 0 Å². The highest BCUT2D eigenvalue weighted by atomic mass is 16.2. The number of carbonyl (C=O) groups excluding carboxylic acids is 1. The summed E-state index contributed by atoms with van der Waals surface area (Å²) in [6, 6.07) is 0.209. The fraction of sp³-hybridized carbons (Fsp3) is 0.909. The van der Waals surface area contributed by atoms with Crippen molar-refractivity contribution in [1.29, 1.82) is 0 Å². The number of nitrogens with two attached hydrogens (primary N) is 1. The second-order valence-corrected chi connectivity index (χ2v) is 4.91. The van der Waals surface area contributed by atoms with Gasteiger partial charge in [0.2, 0.25) is 5.91 Å². The second-order valence-electron chi connectivity index (χ2n) is 4.91. The summed E-state index contributed by atoms with van der Waals surface area (Å²) in [6.07, 6.45) is 3.00. The first-order valence-electron chi connectivity index (χ1n) is 5.89. The lowest BCUT2D eigenvalue weighted by Crippen LogP contribution is -2.41. The minimum atomic E-state index is 0.209. The third-order valence-electron chi connectivity index (χ3n) is 3.60. The molecule has 0 spiro atoms. The number of rotatable bonds is 1. The molecule has 2 rings (SSSR count). The lowest BCUT2D eigenvalue weighted by molar-refractivity contribution is -0.135. The lowest BCUT2D eigenvalue weighted by atomic mass is 9.96. The van der Waals surface area contributed by atoms with Gasteiger partial charge >= 0.3 is 0 Å². The molecule has 4 nitrogen and oxygen atoms in total. The molecular formula is C11H21N3O. The van der Waals surface area contributed by atoms with E-state index in [0.29, 0.717) is 5.91 Å². The maximum atomic E-state index is 12.1. The first-order chi connectivity index (χ1) is 7.16. The van der Waals surface area contributed by atoms with Gasteiger partial charge in [0.25, 0.3) is 0 Å². The van der Waals surface area contributed by atoms with E-state index in [1.807, 2.05) is 4.90 Å². The molecule has 2 heterocycles. The number of carbonyl (C=O) groups is 1. The molecular weight excluding hydrogens is 190 g/mol. The topological polar surface area (TPSA) is 49.6 Å². The fourth-order valence-electron chi connectivity index (χ4n) is 2.50. The van der Waals surface area contributed by atoms with Crippen LogP contribution in [-0.2, 0) is 4.79 Å². The van der Waals surface area contributed by atoms with Crippen LogP contribution in [0.1, 0.15) is 19.3 Å². The first-order valence-corrected chi connectivity index (χ1v) is 5.89. The van der Waals surface area contributed by atoms with Crippen molar-refractivity contribution in [2.45, 2.75) is 25.3 Å². The number of nitrogens with zero attached hydrogens (tertiary/aromatic N) is 2. The molecule has 0 aromatic heterocycles. The fourth-order valence-corrected chi connectivity index (χ4v) is 2.50. The molecule has 2 N–H and O–H groups in total. The van der Waals surface area contributed by atoms with Gasteiger partial charge in [0, 0.05) is 25.0 Å². The van der Waals surface area contributed by atoms with E-state index in [-0.39, 0.29) is 12.0 Å². The van der Waals surface area contributed by atoms with Gasteiger partial charge in [0.15, 0.2) is 0 Å². The van der Waals surface area contributed by atoms with Gasteiger partial charge in [-0.05, 0) is 39.4 Å². The molecule has 0 aliphatic carbocycles. The van der Waals surface area contributed by atoms with E-state index in [1.54, 1.807) is 0 Å². The highest BCUT2D eigenvalue weighted by Gasteiger charge is 2.30. The van der Waals surface area contributed by atoms with E-state index in [1.165, 1.54) is 0 Å². The molecule has 2 aliphatic rings. The predicted molar refractivity (Wildman–Crippen MR) is 59.4 cm³/mol. The number of amides is 1. The Morgan fingerprint density at radius 3 is 2.40 bits per heavy atom. The van der Waals surface area contributed by atoms with Gasteiger partial charge in [-0.2, -0.15) is 0 Å². The first kappa shape index (κ1) is 10.9. The smallest absolute Gasteiger partial charge is 0.225 e. The van der Waals surface area contributed by atoms with Crippen molar-refractivity contribution >= 4 is 5.91 Å². The van der Waals surface area contributed by atoms with Crippen LogP contribution < -0.4 is 5.73 Å². The van der Waals surface area contributed by atoms with Crippen molar-refractivity contribution in [3.8, 4) is 0 Å². The average molecular weight is 211 g/mol. The molecule has 0 aromatic rings. The quantitative estimate of drug-likeness (QED) is 0.658. The Hall–Kier alpha value is -0.610. The zero-order valence-corrected chi connectivity index (χ0v) is 9.48. The minimum Gasteiger partial charge on any atom is -0.341 e. The molecule has 86 valence electrons. The maximum Gasteiger partial charge on any atom is 0.225 e. The molecule has 1 atom stereocenters. The van der Waals surface area contributed by atoms with Gasteiger partial charge in [0.05, 0.1) is 0 Å². The van der Waals surface area contributed by atoms with Crippen LogP contribution in [0.4, 0.5) is 0 Å². The van der Waals surface area contributed by atoms with Gasteiger partial charge in [0.1, 0.15) is 0 Å². The Kier molecular flexibility index (Phi) is 3.26. The van der Waals surface area contributed by atoms with Crippen molar-refractivity contribution < 1.29 is 4.79 Å². The molecule has 1 amide bonds. The zero-order chi connectivity index (χ0) is 10.8. The van der Waals surface area contributed by atoms with Crippen molar-refractivity contribution in [2.24, 2.45) is 11.7 Å². The SMILES string of the molecule is CN1CCC(C(=O)N2CC[C@@H](N)C2)CC1. The number of hydrogen-bond donors (Lipinski definition) is 1. The Bertz CT molecular complexity index is 236. The third-order valence-corrected chi connectivity index (χ3v) is 3.60. The summed E-state index contributed by atoms with van der Waals surface area (Å²) >= 11 is 0. The van der Waals surface area contributed by atoms with Crippen molar-refractivity contribution in [2.75, 3.05) is 33.2 Å². The number of likely N-dealkylation sites (tertiary alicyclic amines) is 2. The van der Waals surface area contributed by atoms with Crippen molar-refractivity contribution in [3.63, 3.8) is 0 Å². The molecule has 0 bridgehead atoms. The summed E-state index contributed by atoms with van der Waals surface area (Å²) in [4.78, 5) is 16.4. The van der Waals surface area contributed by atoms with Crippen LogP contribution in [0.2, 0.25) is 0 Å². The summed E-state index contributed by atoms with van der Waals surface area (Å²) < 4.78 is 0. The average Bonchev–Trinajstić information content (AvgIpc) is 2.65. The summed E-state index contributed by atoms with van der Waals surface area (Å²) in [6.45, 7) is 3.74. The van der Waals surface area contributed by atoms with E-state index < -0.39 is 0 Å². The molecule has 0 radical (unpaired) electrons. The Morgan fingerprint density at radius 2 is 1.87 bits per heavy atom. The van der Waals surface area contributed by atoms with Gasteiger partial charge in [-0.25, -0.2) is 0 Å².